The number of carbonyl (C=O) groups is 1. The summed E-state index contributed by atoms with van der Waals surface area (Å²) in [4.78, 5) is 16.6. The number of hydrogen-bond acceptors (Lipinski definition) is 2. The zero-order valence-electron chi connectivity index (χ0n) is 15.6. The van der Waals surface area contributed by atoms with Gasteiger partial charge in [0.25, 0.3) is 0 Å². The molecule has 0 radical (unpaired) electrons. The topological polar surface area (TPSA) is 54.0 Å². The molecule has 0 saturated carbocycles. The Morgan fingerprint density at radius 3 is 2.37 bits per heavy atom. The Hall–Kier alpha value is -3.21. The zero-order valence-corrected chi connectivity index (χ0v) is 15.6. The lowest BCUT2D eigenvalue weighted by atomic mass is 9.94. The van der Waals surface area contributed by atoms with Crippen LogP contribution in [-0.2, 0) is 5.54 Å². The van der Waals surface area contributed by atoms with Gasteiger partial charge >= 0.3 is 6.03 Å². The summed E-state index contributed by atoms with van der Waals surface area (Å²) in [6, 6.07) is 17.5. The van der Waals surface area contributed by atoms with Crippen molar-refractivity contribution in [3.8, 4) is 11.1 Å². The Balaban J connectivity index is 1.68. The molecule has 0 atom stereocenters. The highest BCUT2D eigenvalue weighted by atomic mass is 19.1. The fourth-order valence-corrected chi connectivity index (χ4v) is 2.95. The summed E-state index contributed by atoms with van der Waals surface area (Å²) in [5.41, 5.74) is 3.31. The van der Waals surface area contributed by atoms with E-state index in [1.807, 2.05) is 43.3 Å². The van der Waals surface area contributed by atoms with E-state index in [9.17, 15) is 9.18 Å². The number of rotatable bonds is 4. The predicted molar refractivity (Wildman–Crippen MR) is 106 cm³/mol. The van der Waals surface area contributed by atoms with Crippen molar-refractivity contribution in [2.45, 2.75) is 26.3 Å². The Morgan fingerprint density at radius 1 is 1.00 bits per heavy atom. The third-order valence-electron chi connectivity index (χ3n) is 4.35. The molecule has 5 heteroatoms. The van der Waals surface area contributed by atoms with Crippen LogP contribution in [0.15, 0.2) is 66.9 Å². The molecule has 138 valence electrons. The van der Waals surface area contributed by atoms with E-state index in [0.717, 1.165) is 16.8 Å². The van der Waals surface area contributed by atoms with Gasteiger partial charge in [-0.15, -0.1) is 0 Å². The standard InChI is InChI=1S/C22H22FN3O/c1-15-14-17(12-13-24-15)16-8-10-18(11-9-16)25-21(27)26-22(2,3)19-6-4-5-7-20(19)23/h4-14H,1-3H3,(H2,25,26,27). The molecule has 2 N–H and O–H groups in total. The van der Waals surface area contributed by atoms with Crippen LogP contribution in [0, 0.1) is 12.7 Å². The second-order valence-electron chi connectivity index (χ2n) is 6.95. The van der Waals surface area contributed by atoms with Gasteiger partial charge in [0.1, 0.15) is 5.82 Å². The summed E-state index contributed by atoms with van der Waals surface area (Å²) in [5.74, 6) is -0.347. The monoisotopic (exact) mass is 363 g/mol. The van der Waals surface area contributed by atoms with Crippen molar-refractivity contribution >= 4 is 11.7 Å². The maximum Gasteiger partial charge on any atom is 0.319 e. The summed E-state index contributed by atoms with van der Waals surface area (Å²) >= 11 is 0. The molecule has 3 rings (SSSR count). The predicted octanol–water partition coefficient (Wildman–Crippen LogP) is 5.25. The Labute approximate surface area is 158 Å². The Bertz CT molecular complexity index is 952. The summed E-state index contributed by atoms with van der Waals surface area (Å²) in [5, 5.41) is 5.61. The van der Waals surface area contributed by atoms with E-state index >= 15 is 0 Å². The van der Waals surface area contributed by atoms with Gasteiger partial charge in [-0.05, 0) is 62.2 Å². The Morgan fingerprint density at radius 2 is 1.70 bits per heavy atom. The molecule has 2 aromatic carbocycles. The van der Waals surface area contributed by atoms with Crippen LogP contribution in [0.5, 0.6) is 0 Å². The fraction of sp³-hybridized carbons (Fsp3) is 0.182. The molecule has 2 amide bonds. The SMILES string of the molecule is Cc1cc(-c2ccc(NC(=O)NC(C)(C)c3ccccc3F)cc2)ccn1. The third kappa shape index (κ3) is 4.50. The van der Waals surface area contributed by atoms with Gasteiger partial charge in [-0.2, -0.15) is 0 Å². The van der Waals surface area contributed by atoms with Crippen LogP contribution in [0.4, 0.5) is 14.9 Å². The van der Waals surface area contributed by atoms with Gasteiger partial charge in [-0.3, -0.25) is 4.98 Å². The van der Waals surface area contributed by atoms with Crippen LogP contribution in [0.2, 0.25) is 0 Å². The lowest BCUT2D eigenvalue weighted by Crippen LogP contribution is -2.43. The highest BCUT2D eigenvalue weighted by Gasteiger charge is 2.25. The minimum Gasteiger partial charge on any atom is -0.329 e. The molecule has 0 spiro atoms. The maximum atomic E-state index is 14.0. The first-order chi connectivity index (χ1) is 12.8. The number of nitrogens with zero attached hydrogens (tertiary/aromatic N) is 1. The van der Waals surface area contributed by atoms with Gasteiger partial charge in [0.05, 0.1) is 5.54 Å². The number of halogens is 1. The summed E-state index contributed by atoms with van der Waals surface area (Å²) in [6.07, 6.45) is 1.77. The minimum absolute atomic E-state index is 0.347. The van der Waals surface area contributed by atoms with E-state index in [1.165, 1.54) is 6.07 Å². The first kappa shape index (κ1) is 18.6. The van der Waals surface area contributed by atoms with Crippen molar-refractivity contribution in [2.24, 2.45) is 0 Å². The summed E-state index contributed by atoms with van der Waals surface area (Å²) in [6.45, 7) is 5.47. The summed E-state index contributed by atoms with van der Waals surface area (Å²) < 4.78 is 14.0. The number of amides is 2. The smallest absolute Gasteiger partial charge is 0.319 e. The van der Waals surface area contributed by atoms with E-state index in [4.69, 9.17) is 0 Å². The quantitative estimate of drug-likeness (QED) is 0.665. The number of nitrogens with one attached hydrogen (secondary N) is 2. The molecule has 0 unspecified atom stereocenters. The lowest BCUT2D eigenvalue weighted by Gasteiger charge is -2.27. The molecule has 0 fully saturated rings. The molecular formula is C22H22FN3O. The molecule has 0 saturated heterocycles. The Kier molecular flexibility index (Phi) is 5.21. The van der Waals surface area contributed by atoms with Crippen molar-refractivity contribution in [1.82, 2.24) is 10.3 Å². The first-order valence-electron chi connectivity index (χ1n) is 8.72. The van der Waals surface area contributed by atoms with Gasteiger partial charge in [0.2, 0.25) is 0 Å². The molecule has 4 nitrogen and oxygen atoms in total. The number of aromatic nitrogens is 1. The zero-order chi connectivity index (χ0) is 19.4. The molecule has 0 aliphatic carbocycles. The molecule has 0 bridgehead atoms. The van der Waals surface area contributed by atoms with Gasteiger partial charge < -0.3 is 10.6 Å². The number of hydrogen-bond donors (Lipinski definition) is 2. The van der Waals surface area contributed by atoms with E-state index in [2.05, 4.69) is 15.6 Å². The van der Waals surface area contributed by atoms with Gasteiger partial charge in [-0.1, -0.05) is 30.3 Å². The van der Waals surface area contributed by atoms with Gasteiger partial charge in [0, 0.05) is 23.1 Å². The number of aryl methyl sites for hydroxylation is 1. The first-order valence-corrected chi connectivity index (χ1v) is 8.72. The normalized spacial score (nSPS) is 11.1. The van der Waals surface area contributed by atoms with E-state index in [-0.39, 0.29) is 5.82 Å². The highest BCUT2D eigenvalue weighted by molar-refractivity contribution is 5.90. The average molecular weight is 363 g/mol. The molecular weight excluding hydrogens is 341 g/mol. The number of anilines is 1. The van der Waals surface area contributed by atoms with Crippen LogP contribution >= 0.6 is 0 Å². The number of pyridine rings is 1. The highest BCUT2D eigenvalue weighted by Crippen LogP contribution is 2.24. The fourth-order valence-electron chi connectivity index (χ4n) is 2.95. The number of urea groups is 1. The van der Waals surface area contributed by atoms with Crippen molar-refractivity contribution in [1.29, 1.82) is 0 Å². The van der Waals surface area contributed by atoms with Gasteiger partial charge in [0.15, 0.2) is 0 Å². The van der Waals surface area contributed by atoms with Crippen LogP contribution in [0.1, 0.15) is 25.1 Å². The van der Waals surface area contributed by atoms with Crippen molar-refractivity contribution < 1.29 is 9.18 Å². The lowest BCUT2D eigenvalue weighted by molar-refractivity contribution is 0.241. The van der Waals surface area contributed by atoms with Crippen molar-refractivity contribution in [2.75, 3.05) is 5.32 Å². The van der Waals surface area contributed by atoms with E-state index in [1.54, 1.807) is 38.2 Å². The average Bonchev–Trinajstić information content (AvgIpc) is 2.62. The molecule has 1 aromatic heterocycles. The maximum absolute atomic E-state index is 14.0. The molecule has 0 aliphatic heterocycles. The van der Waals surface area contributed by atoms with E-state index in [0.29, 0.717) is 11.3 Å². The number of benzene rings is 2. The number of carbonyl (C=O) groups excluding carboxylic acids is 1. The molecule has 3 aromatic rings. The molecule has 0 aliphatic rings. The van der Waals surface area contributed by atoms with Crippen molar-refractivity contribution in [3.05, 3.63) is 83.9 Å². The van der Waals surface area contributed by atoms with Crippen LogP contribution < -0.4 is 10.6 Å². The van der Waals surface area contributed by atoms with E-state index < -0.39 is 11.6 Å². The summed E-state index contributed by atoms with van der Waals surface area (Å²) in [7, 11) is 0. The van der Waals surface area contributed by atoms with Crippen LogP contribution in [0.3, 0.4) is 0 Å². The third-order valence-corrected chi connectivity index (χ3v) is 4.35. The molecule has 27 heavy (non-hydrogen) atoms. The van der Waals surface area contributed by atoms with Crippen molar-refractivity contribution in [3.63, 3.8) is 0 Å². The van der Waals surface area contributed by atoms with Gasteiger partial charge in [-0.25, -0.2) is 9.18 Å². The van der Waals surface area contributed by atoms with Crippen LogP contribution in [-0.4, -0.2) is 11.0 Å². The second kappa shape index (κ2) is 7.58. The largest absolute Gasteiger partial charge is 0.329 e. The van der Waals surface area contributed by atoms with Crippen LogP contribution in [0.25, 0.3) is 11.1 Å². The second-order valence-corrected chi connectivity index (χ2v) is 6.95. The molecule has 1 heterocycles. The minimum atomic E-state index is -0.843.